The van der Waals surface area contributed by atoms with E-state index in [2.05, 4.69) is 6.92 Å². The Kier molecular flexibility index (Phi) is 5.19. The van der Waals surface area contributed by atoms with Gasteiger partial charge in [-0.15, -0.1) is 0 Å². The van der Waals surface area contributed by atoms with Gasteiger partial charge in [-0.1, -0.05) is 12.5 Å². The molecule has 5 heteroatoms. The van der Waals surface area contributed by atoms with E-state index in [0.717, 1.165) is 24.8 Å². The molecule has 2 aliphatic rings. The number of allylic oxidation sites excluding steroid dienone is 1. The molecular formula is C21H26O5. The lowest BCUT2D eigenvalue weighted by Gasteiger charge is -2.36. The van der Waals surface area contributed by atoms with Gasteiger partial charge in [-0.3, -0.25) is 9.59 Å². The van der Waals surface area contributed by atoms with Gasteiger partial charge < -0.3 is 14.2 Å². The molecule has 1 aromatic carbocycles. The minimum absolute atomic E-state index is 0.0769. The molecule has 1 saturated carbocycles. The first kappa shape index (κ1) is 18.6. The molecule has 0 amide bonds. The van der Waals surface area contributed by atoms with Gasteiger partial charge in [-0.05, 0) is 37.5 Å². The van der Waals surface area contributed by atoms with E-state index in [4.69, 9.17) is 14.2 Å². The van der Waals surface area contributed by atoms with Crippen LogP contribution in [-0.2, 0) is 9.53 Å². The zero-order valence-corrected chi connectivity index (χ0v) is 15.9. The molecule has 1 fully saturated rings. The molecule has 0 unspecified atom stereocenters. The predicted molar refractivity (Wildman–Crippen MR) is 97.9 cm³/mol. The molecular weight excluding hydrogens is 332 g/mol. The Morgan fingerprint density at radius 3 is 2.54 bits per heavy atom. The van der Waals surface area contributed by atoms with Crippen LogP contribution in [0, 0.1) is 5.41 Å². The summed E-state index contributed by atoms with van der Waals surface area (Å²) in [5.74, 6) is 1.11. The van der Waals surface area contributed by atoms with Gasteiger partial charge in [0.1, 0.15) is 0 Å². The van der Waals surface area contributed by atoms with Crippen LogP contribution in [-0.4, -0.2) is 39.0 Å². The van der Waals surface area contributed by atoms with Crippen molar-refractivity contribution in [3.8, 4) is 11.5 Å². The number of carbonyl (C=O) groups excluding carboxylic acids is 2. The number of Topliss-reactive ketones (excluding diaryl/α,β-unsaturated/α-hetero) is 2. The fraction of sp³-hybridized carbons (Fsp3) is 0.524. The Bertz CT molecular complexity index is 764. The third-order valence-corrected chi connectivity index (χ3v) is 5.96. The Morgan fingerprint density at radius 2 is 1.88 bits per heavy atom. The summed E-state index contributed by atoms with van der Waals surface area (Å²) in [4.78, 5) is 25.4. The summed E-state index contributed by atoms with van der Waals surface area (Å²) < 4.78 is 16.1. The first-order chi connectivity index (χ1) is 12.4. The summed E-state index contributed by atoms with van der Waals surface area (Å²) in [5, 5.41) is 0. The monoisotopic (exact) mass is 358 g/mol. The third-order valence-electron chi connectivity index (χ3n) is 5.96. The van der Waals surface area contributed by atoms with Gasteiger partial charge in [0.15, 0.2) is 23.1 Å². The molecule has 0 bridgehead atoms. The molecule has 0 N–H and O–H groups in total. The van der Waals surface area contributed by atoms with Crippen LogP contribution in [0.3, 0.4) is 0 Å². The normalized spacial score (nSPS) is 25.2. The van der Waals surface area contributed by atoms with Crippen molar-refractivity contribution in [1.29, 1.82) is 0 Å². The van der Waals surface area contributed by atoms with Crippen LogP contribution >= 0.6 is 0 Å². The van der Waals surface area contributed by atoms with E-state index in [1.54, 1.807) is 32.4 Å². The largest absolute Gasteiger partial charge is 0.493 e. The van der Waals surface area contributed by atoms with Crippen molar-refractivity contribution in [2.24, 2.45) is 5.41 Å². The number of rotatable bonds is 6. The predicted octanol–water partition coefficient (Wildman–Crippen LogP) is 3.75. The SMILES string of the molecule is COc1ccc(C(=O)CC2=C3CC[C@H](OC)[C@@]3(C)CCC2=O)cc1OC. The van der Waals surface area contributed by atoms with Gasteiger partial charge in [0, 0.05) is 36.5 Å². The summed E-state index contributed by atoms with van der Waals surface area (Å²) in [6.07, 6.45) is 3.27. The Hall–Kier alpha value is -2.14. The molecule has 140 valence electrons. The van der Waals surface area contributed by atoms with Crippen molar-refractivity contribution >= 4 is 11.6 Å². The van der Waals surface area contributed by atoms with Crippen LogP contribution < -0.4 is 9.47 Å². The van der Waals surface area contributed by atoms with Gasteiger partial charge in [0.2, 0.25) is 0 Å². The zero-order chi connectivity index (χ0) is 18.9. The minimum atomic E-state index is -0.129. The molecule has 0 heterocycles. The van der Waals surface area contributed by atoms with Crippen LogP contribution in [0.2, 0.25) is 0 Å². The summed E-state index contributed by atoms with van der Waals surface area (Å²) in [5.41, 5.74) is 2.21. The van der Waals surface area contributed by atoms with Gasteiger partial charge in [0.25, 0.3) is 0 Å². The molecule has 0 spiro atoms. The number of fused-ring (bicyclic) bond motifs is 1. The van der Waals surface area contributed by atoms with E-state index >= 15 is 0 Å². The third kappa shape index (κ3) is 3.05. The van der Waals surface area contributed by atoms with Crippen LogP contribution in [0.4, 0.5) is 0 Å². The molecule has 0 aromatic heterocycles. The number of carbonyl (C=O) groups is 2. The number of benzene rings is 1. The fourth-order valence-corrected chi connectivity index (χ4v) is 4.43. The van der Waals surface area contributed by atoms with Crippen LogP contribution in [0.15, 0.2) is 29.3 Å². The second kappa shape index (κ2) is 7.23. The molecule has 0 radical (unpaired) electrons. The van der Waals surface area contributed by atoms with E-state index in [9.17, 15) is 9.59 Å². The second-order valence-corrected chi connectivity index (χ2v) is 7.23. The molecule has 0 saturated heterocycles. The van der Waals surface area contributed by atoms with Crippen molar-refractivity contribution in [3.05, 3.63) is 34.9 Å². The smallest absolute Gasteiger partial charge is 0.167 e. The fourth-order valence-electron chi connectivity index (χ4n) is 4.43. The molecule has 3 rings (SSSR count). The lowest BCUT2D eigenvalue weighted by molar-refractivity contribution is -0.117. The first-order valence-electron chi connectivity index (χ1n) is 8.98. The highest BCUT2D eigenvalue weighted by Crippen LogP contribution is 2.52. The van der Waals surface area contributed by atoms with Gasteiger partial charge in [-0.25, -0.2) is 0 Å². The van der Waals surface area contributed by atoms with Crippen molar-refractivity contribution in [2.45, 2.75) is 45.1 Å². The van der Waals surface area contributed by atoms with Crippen LogP contribution in [0.5, 0.6) is 11.5 Å². The summed E-state index contributed by atoms with van der Waals surface area (Å²) in [7, 11) is 4.82. The van der Waals surface area contributed by atoms with Gasteiger partial charge in [0.05, 0.1) is 20.3 Å². The Balaban J connectivity index is 1.91. The lowest BCUT2D eigenvalue weighted by atomic mass is 9.70. The maximum atomic E-state index is 12.9. The minimum Gasteiger partial charge on any atom is -0.493 e. The van der Waals surface area contributed by atoms with Crippen molar-refractivity contribution in [3.63, 3.8) is 0 Å². The lowest BCUT2D eigenvalue weighted by Crippen LogP contribution is -2.35. The highest BCUT2D eigenvalue weighted by atomic mass is 16.5. The summed E-state index contributed by atoms with van der Waals surface area (Å²) >= 11 is 0. The number of ketones is 2. The number of methoxy groups -OCH3 is 3. The quantitative estimate of drug-likeness (QED) is 0.725. The summed E-state index contributed by atoms with van der Waals surface area (Å²) in [6, 6.07) is 5.10. The standard InChI is InChI=1S/C21H26O5/c1-21-10-9-16(22)14(15(21)6-8-20(21)26-4)12-17(23)13-5-7-18(24-2)19(11-13)25-3/h5,7,11,20H,6,8-10,12H2,1-4H3/t20-,21-/m0/s1. The zero-order valence-electron chi connectivity index (χ0n) is 15.9. The van der Waals surface area contributed by atoms with E-state index in [-0.39, 0.29) is 29.5 Å². The molecule has 2 aliphatic carbocycles. The van der Waals surface area contributed by atoms with Crippen molar-refractivity contribution in [2.75, 3.05) is 21.3 Å². The number of hydrogen-bond donors (Lipinski definition) is 0. The average molecular weight is 358 g/mol. The molecule has 2 atom stereocenters. The Morgan fingerprint density at radius 1 is 1.15 bits per heavy atom. The molecule has 0 aliphatic heterocycles. The average Bonchev–Trinajstić information content (AvgIpc) is 3.00. The van der Waals surface area contributed by atoms with E-state index in [1.165, 1.54) is 7.11 Å². The van der Waals surface area contributed by atoms with E-state index < -0.39 is 0 Å². The molecule has 1 aromatic rings. The van der Waals surface area contributed by atoms with Gasteiger partial charge >= 0.3 is 0 Å². The number of ether oxygens (including phenoxy) is 3. The van der Waals surface area contributed by atoms with Crippen molar-refractivity contribution < 1.29 is 23.8 Å². The topological polar surface area (TPSA) is 61.8 Å². The van der Waals surface area contributed by atoms with E-state index in [0.29, 0.717) is 29.1 Å². The summed E-state index contributed by atoms with van der Waals surface area (Å²) in [6.45, 7) is 2.16. The van der Waals surface area contributed by atoms with Gasteiger partial charge in [-0.2, -0.15) is 0 Å². The highest BCUT2D eigenvalue weighted by molar-refractivity contribution is 6.07. The van der Waals surface area contributed by atoms with Crippen molar-refractivity contribution in [1.82, 2.24) is 0 Å². The first-order valence-corrected chi connectivity index (χ1v) is 8.98. The second-order valence-electron chi connectivity index (χ2n) is 7.23. The maximum Gasteiger partial charge on any atom is 0.167 e. The molecule has 5 nitrogen and oxygen atoms in total. The van der Waals surface area contributed by atoms with Crippen LogP contribution in [0.25, 0.3) is 0 Å². The highest BCUT2D eigenvalue weighted by Gasteiger charge is 2.47. The number of hydrogen-bond acceptors (Lipinski definition) is 5. The maximum absolute atomic E-state index is 12.9. The Labute approximate surface area is 154 Å². The van der Waals surface area contributed by atoms with Crippen LogP contribution in [0.1, 0.15) is 49.4 Å². The molecule has 26 heavy (non-hydrogen) atoms. The van der Waals surface area contributed by atoms with E-state index in [1.807, 2.05) is 0 Å².